The molecule has 0 spiro atoms. The van der Waals surface area contributed by atoms with Crippen LogP contribution < -0.4 is 4.72 Å². The monoisotopic (exact) mass is 397 g/mol. The van der Waals surface area contributed by atoms with Crippen LogP contribution >= 0.6 is 11.3 Å². The summed E-state index contributed by atoms with van der Waals surface area (Å²) in [4.78, 5) is 11.9. The largest absolute Gasteiger partial charge is 0.462 e. The van der Waals surface area contributed by atoms with Crippen LogP contribution in [0.25, 0.3) is 10.1 Å². The van der Waals surface area contributed by atoms with E-state index in [1.54, 1.807) is 31.2 Å². The van der Waals surface area contributed by atoms with E-state index < -0.39 is 27.6 Å². The summed E-state index contributed by atoms with van der Waals surface area (Å²) in [6, 6.07) is 9.23. The molecule has 0 fully saturated rings. The van der Waals surface area contributed by atoms with Gasteiger partial charge in [-0.3, -0.25) is 4.72 Å². The van der Waals surface area contributed by atoms with Gasteiger partial charge in [0.1, 0.15) is 9.77 Å². The van der Waals surface area contributed by atoms with Crippen molar-refractivity contribution in [2.45, 2.75) is 11.8 Å². The third-order valence-corrected chi connectivity index (χ3v) is 6.20. The van der Waals surface area contributed by atoms with E-state index >= 15 is 0 Å². The molecule has 0 aliphatic heterocycles. The van der Waals surface area contributed by atoms with Crippen molar-refractivity contribution in [3.05, 3.63) is 59.0 Å². The minimum atomic E-state index is -4.25. The molecule has 0 amide bonds. The van der Waals surface area contributed by atoms with E-state index in [0.29, 0.717) is 10.1 Å². The maximum atomic E-state index is 13.4. The third kappa shape index (κ3) is 3.40. The van der Waals surface area contributed by atoms with Crippen LogP contribution in [0.3, 0.4) is 0 Å². The van der Waals surface area contributed by atoms with Crippen LogP contribution in [0.1, 0.15) is 16.6 Å². The minimum absolute atomic E-state index is 0.0804. The number of esters is 1. The number of halogens is 2. The van der Waals surface area contributed by atoms with E-state index in [2.05, 4.69) is 4.72 Å². The molecule has 3 rings (SSSR count). The van der Waals surface area contributed by atoms with Gasteiger partial charge in [0.25, 0.3) is 10.0 Å². The van der Waals surface area contributed by atoms with E-state index in [1.807, 2.05) is 0 Å². The summed E-state index contributed by atoms with van der Waals surface area (Å²) in [6.07, 6.45) is 0. The van der Waals surface area contributed by atoms with Gasteiger partial charge in [-0.15, -0.1) is 11.3 Å². The predicted molar refractivity (Wildman–Crippen MR) is 94.9 cm³/mol. The maximum absolute atomic E-state index is 13.4. The van der Waals surface area contributed by atoms with Crippen molar-refractivity contribution in [1.82, 2.24) is 0 Å². The Hall–Kier alpha value is -2.52. The van der Waals surface area contributed by atoms with E-state index in [-0.39, 0.29) is 22.1 Å². The smallest absolute Gasteiger partial charge is 0.349 e. The number of carbonyl (C=O) groups excluding carboxylic acids is 1. The summed E-state index contributed by atoms with van der Waals surface area (Å²) < 4.78 is 59.9. The lowest BCUT2D eigenvalue weighted by Gasteiger charge is -2.10. The highest BCUT2D eigenvalue weighted by Crippen LogP contribution is 2.36. The molecule has 0 unspecified atom stereocenters. The second kappa shape index (κ2) is 7.00. The highest BCUT2D eigenvalue weighted by molar-refractivity contribution is 7.93. The number of carbonyl (C=O) groups is 1. The molecule has 5 nitrogen and oxygen atoms in total. The fraction of sp³-hybridized carbons (Fsp3) is 0.118. The minimum Gasteiger partial charge on any atom is -0.462 e. The molecule has 136 valence electrons. The molecule has 3 aromatic rings. The number of sulfonamides is 1. The van der Waals surface area contributed by atoms with E-state index in [1.165, 1.54) is 0 Å². The van der Waals surface area contributed by atoms with Crippen molar-refractivity contribution in [3.63, 3.8) is 0 Å². The molecular weight excluding hydrogens is 384 g/mol. The predicted octanol–water partition coefficient (Wildman–Crippen LogP) is 4.16. The van der Waals surface area contributed by atoms with Crippen molar-refractivity contribution in [2.75, 3.05) is 11.3 Å². The molecule has 0 saturated carbocycles. The first-order chi connectivity index (χ1) is 12.3. The number of hydrogen-bond acceptors (Lipinski definition) is 5. The van der Waals surface area contributed by atoms with Crippen LogP contribution in [0.15, 0.2) is 47.4 Å². The van der Waals surface area contributed by atoms with Gasteiger partial charge in [0.2, 0.25) is 0 Å². The molecule has 0 bridgehead atoms. The van der Waals surface area contributed by atoms with Gasteiger partial charge in [0.05, 0.1) is 12.3 Å². The summed E-state index contributed by atoms with van der Waals surface area (Å²) in [6.45, 7) is 1.70. The van der Waals surface area contributed by atoms with Gasteiger partial charge in [-0.05, 0) is 25.1 Å². The molecule has 2 aromatic carbocycles. The lowest BCUT2D eigenvalue weighted by atomic mass is 10.2. The van der Waals surface area contributed by atoms with E-state index in [4.69, 9.17) is 4.74 Å². The molecule has 1 aromatic heterocycles. The summed E-state index contributed by atoms with van der Waals surface area (Å²) in [7, 11) is -4.25. The first-order valence-electron chi connectivity index (χ1n) is 7.50. The number of thiophene rings is 1. The summed E-state index contributed by atoms with van der Waals surface area (Å²) in [5.41, 5.74) is -0.158. The molecule has 26 heavy (non-hydrogen) atoms. The average molecular weight is 397 g/mol. The van der Waals surface area contributed by atoms with Crippen LogP contribution in [0.4, 0.5) is 14.5 Å². The third-order valence-electron chi connectivity index (χ3n) is 3.45. The number of nitrogens with one attached hydrogen (secondary N) is 1. The Morgan fingerprint density at radius 3 is 2.58 bits per heavy atom. The molecule has 0 aliphatic carbocycles. The molecule has 0 atom stereocenters. The number of anilines is 1. The van der Waals surface area contributed by atoms with Crippen LogP contribution in [0.2, 0.25) is 0 Å². The lowest BCUT2D eigenvalue weighted by molar-refractivity contribution is 0.0528. The maximum Gasteiger partial charge on any atom is 0.349 e. The van der Waals surface area contributed by atoms with Crippen LogP contribution in [-0.4, -0.2) is 21.0 Å². The average Bonchev–Trinajstić information content (AvgIpc) is 2.99. The van der Waals surface area contributed by atoms with Crippen LogP contribution in [-0.2, 0) is 14.8 Å². The van der Waals surface area contributed by atoms with Crippen LogP contribution in [0, 0.1) is 11.6 Å². The number of benzene rings is 2. The van der Waals surface area contributed by atoms with Gasteiger partial charge in [0, 0.05) is 16.2 Å². The summed E-state index contributed by atoms with van der Waals surface area (Å²) in [5.74, 6) is -3.05. The lowest BCUT2D eigenvalue weighted by Crippen LogP contribution is -2.16. The first kappa shape index (κ1) is 18.3. The number of hydrogen-bond donors (Lipinski definition) is 1. The fourth-order valence-electron chi connectivity index (χ4n) is 2.39. The first-order valence-corrected chi connectivity index (χ1v) is 9.80. The zero-order valence-electron chi connectivity index (χ0n) is 13.5. The Kier molecular flexibility index (Phi) is 4.92. The SMILES string of the molecule is CCOC(=O)c1sc2ccccc2c1S(=O)(=O)Nc1ccc(F)c(F)c1. The van der Waals surface area contributed by atoms with Crippen molar-refractivity contribution in [3.8, 4) is 0 Å². The highest BCUT2D eigenvalue weighted by atomic mass is 32.2. The normalized spacial score (nSPS) is 11.5. The highest BCUT2D eigenvalue weighted by Gasteiger charge is 2.29. The molecule has 1 heterocycles. The van der Waals surface area contributed by atoms with Crippen molar-refractivity contribution in [2.24, 2.45) is 0 Å². The zero-order chi connectivity index (χ0) is 18.9. The van der Waals surface area contributed by atoms with Gasteiger partial charge in [0.15, 0.2) is 11.6 Å². The van der Waals surface area contributed by atoms with E-state index in [9.17, 15) is 22.0 Å². The second-order valence-corrected chi connectivity index (χ2v) is 7.88. The topological polar surface area (TPSA) is 72.5 Å². The number of fused-ring (bicyclic) bond motifs is 1. The Balaban J connectivity index is 2.13. The molecule has 9 heteroatoms. The van der Waals surface area contributed by atoms with Crippen LogP contribution in [0.5, 0.6) is 0 Å². The number of rotatable bonds is 5. The Morgan fingerprint density at radius 1 is 1.15 bits per heavy atom. The van der Waals surface area contributed by atoms with Gasteiger partial charge < -0.3 is 4.74 Å². The summed E-state index contributed by atoms with van der Waals surface area (Å²) in [5, 5.41) is 0.343. The fourth-order valence-corrected chi connectivity index (χ4v) is 5.23. The van der Waals surface area contributed by atoms with Gasteiger partial charge in [-0.1, -0.05) is 18.2 Å². The van der Waals surface area contributed by atoms with Gasteiger partial charge >= 0.3 is 5.97 Å². The number of ether oxygens (including phenoxy) is 1. The quantitative estimate of drug-likeness (QED) is 0.657. The molecule has 0 saturated heterocycles. The molecule has 0 aliphatic rings. The zero-order valence-corrected chi connectivity index (χ0v) is 15.1. The van der Waals surface area contributed by atoms with Gasteiger partial charge in [-0.25, -0.2) is 22.0 Å². The van der Waals surface area contributed by atoms with Crippen molar-refractivity contribution < 1.29 is 26.7 Å². The Labute approximate surface area is 152 Å². The van der Waals surface area contributed by atoms with E-state index in [0.717, 1.165) is 29.5 Å². The molecule has 0 radical (unpaired) electrons. The Bertz CT molecular complexity index is 1090. The second-order valence-electron chi connectivity index (χ2n) is 5.21. The summed E-state index contributed by atoms with van der Waals surface area (Å²) >= 11 is 0.987. The van der Waals surface area contributed by atoms with Gasteiger partial charge in [-0.2, -0.15) is 0 Å². The standard InChI is InChI=1S/C17H13F2NO4S2/c1-2-24-17(21)15-16(11-5-3-4-6-14(11)25-15)26(22,23)20-10-7-8-12(18)13(19)9-10/h3-9,20H,2H2,1H3. The Morgan fingerprint density at radius 2 is 1.88 bits per heavy atom. The van der Waals surface area contributed by atoms with Crippen molar-refractivity contribution >= 4 is 43.1 Å². The van der Waals surface area contributed by atoms with Crippen molar-refractivity contribution in [1.29, 1.82) is 0 Å². The molecule has 1 N–H and O–H groups in total. The molecular formula is C17H13F2NO4S2.